The van der Waals surface area contributed by atoms with Crippen LogP contribution in [-0.2, 0) is 38.3 Å². The number of rotatable bonds is 26. The Balaban J connectivity index is 0.000000212. The Hall–Kier alpha value is -12.1. The van der Waals surface area contributed by atoms with E-state index in [1.165, 1.54) is 0 Å². The summed E-state index contributed by atoms with van der Waals surface area (Å²) >= 11 is 0. The molecule has 2 atom stereocenters. The van der Waals surface area contributed by atoms with Gasteiger partial charge in [0.25, 0.3) is 5.70 Å². The number of carbonyl (C=O) groups is 2. The first kappa shape index (κ1) is 80.5. The van der Waals surface area contributed by atoms with E-state index in [-0.39, 0.29) is 60.1 Å². The zero-order valence-corrected chi connectivity index (χ0v) is 65.6. The van der Waals surface area contributed by atoms with Crippen molar-refractivity contribution < 1.29 is 43.9 Å². The summed E-state index contributed by atoms with van der Waals surface area (Å²) < 4.78 is 22.3. The zero-order valence-electron chi connectivity index (χ0n) is 65.6. The van der Waals surface area contributed by atoms with Crippen LogP contribution in [-0.4, -0.2) is 85.3 Å². The van der Waals surface area contributed by atoms with Crippen LogP contribution in [0.3, 0.4) is 0 Å². The molecule has 17 heteroatoms. The first-order valence-electron chi connectivity index (χ1n) is 38.3. The topological polar surface area (TPSA) is 222 Å². The maximum Gasteiger partial charge on any atom is 0.265 e. The van der Waals surface area contributed by atoms with Crippen molar-refractivity contribution in [3.63, 3.8) is 0 Å². The first-order valence-corrected chi connectivity index (χ1v) is 38.3. The van der Waals surface area contributed by atoms with Crippen molar-refractivity contribution in [2.45, 2.75) is 107 Å². The Morgan fingerprint density at radius 1 is 0.531 bits per heavy atom. The Labute approximate surface area is 663 Å². The van der Waals surface area contributed by atoms with Gasteiger partial charge in [0.1, 0.15) is 36.9 Å². The zero-order chi connectivity index (χ0) is 79.8. The highest BCUT2D eigenvalue weighted by atomic mass is 16.6. The lowest BCUT2D eigenvalue weighted by Crippen LogP contribution is -2.23. The molecule has 0 bridgehead atoms. The summed E-state index contributed by atoms with van der Waals surface area (Å²) in [6, 6.07) is 63.8. The number of azo groups is 2. The predicted molar refractivity (Wildman–Crippen MR) is 449 cm³/mol. The number of carbonyl (C=O) groups excluding carboxylic acids is 2. The molecule has 2 fully saturated rings. The van der Waals surface area contributed by atoms with Crippen LogP contribution >= 0.6 is 0 Å². The number of epoxide rings is 2. The molecule has 0 amide bonds. The second-order valence-electron chi connectivity index (χ2n) is 31.5. The average Bonchev–Trinajstić information content (AvgIpc) is 1.73. The summed E-state index contributed by atoms with van der Waals surface area (Å²) in [6.45, 7) is 28.5. The van der Waals surface area contributed by atoms with Crippen molar-refractivity contribution in [3.8, 4) is 17.6 Å². The van der Waals surface area contributed by atoms with Crippen molar-refractivity contribution in [1.29, 1.82) is 5.26 Å². The second-order valence-corrected chi connectivity index (χ2v) is 31.5. The van der Waals surface area contributed by atoms with E-state index in [2.05, 4.69) is 55.0 Å². The van der Waals surface area contributed by atoms with Crippen molar-refractivity contribution in [1.82, 2.24) is 0 Å². The van der Waals surface area contributed by atoms with Gasteiger partial charge in [-0.15, -0.1) is 0 Å². The minimum Gasteiger partial charge on any atom is -0.491 e. The molecule has 2 unspecified atom stereocenters. The van der Waals surface area contributed by atoms with Gasteiger partial charge in [-0.2, -0.15) is 20.5 Å². The Kier molecular flexibility index (Phi) is 25.9. The monoisotopic (exact) mass is 1500 g/mol. The fraction of sp³-hybridized carbons (Fsp3) is 0.271. The summed E-state index contributed by atoms with van der Waals surface area (Å²) in [5, 5.41) is 56.3. The van der Waals surface area contributed by atoms with Crippen molar-refractivity contribution in [3.05, 3.63) is 320 Å². The van der Waals surface area contributed by atoms with Gasteiger partial charge in [-0.1, -0.05) is 128 Å². The van der Waals surface area contributed by atoms with E-state index in [0.717, 1.165) is 139 Å². The van der Waals surface area contributed by atoms with Gasteiger partial charge in [0, 0.05) is 70.7 Å². The van der Waals surface area contributed by atoms with Crippen LogP contribution in [0.2, 0.25) is 0 Å². The SMILES string of the molecule is CC1=C/C(=C2C=C(/C=C/c3ccc(N=Nc4ccc(N(c5ccc(CCO)cc5)c5ccc(CCO)cc5)cc4)c(CCO)c3)C(=O)C(C(C)(C)C)=C\2)C=C(C(C)(C)C)C1=O.[C-]#[N+]/C(C#N)=C1C=C(/C=C/c2ccc(N=Nc3ccc(N(c4ccc(OCC5CO5)cc4)c4ccc(OCC5CO5)cc4)cc3)cc2)CC(C)(C)C\1. The van der Waals surface area contributed by atoms with Crippen LogP contribution < -0.4 is 19.3 Å². The van der Waals surface area contributed by atoms with Crippen LogP contribution in [0.5, 0.6) is 11.5 Å². The molecule has 574 valence electrons. The molecule has 13 rings (SSSR count). The van der Waals surface area contributed by atoms with Crippen LogP contribution in [0.25, 0.3) is 17.0 Å². The molecular formula is C96H96N8O9. The molecule has 17 nitrogen and oxygen atoms in total. The van der Waals surface area contributed by atoms with E-state index in [4.69, 9.17) is 25.5 Å². The Bertz CT molecular complexity index is 5090. The molecule has 2 heterocycles. The summed E-state index contributed by atoms with van der Waals surface area (Å²) in [5.74, 6) is 1.61. The minimum atomic E-state index is -0.405. The summed E-state index contributed by atoms with van der Waals surface area (Å²) in [6.07, 6.45) is 21.2. The molecule has 0 saturated carbocycles. The minimum absolute atomic E-state index is 0.0182. The molecular weight excluding hydrogens is 1410 g/mol. The third-order valence-corrected chi connectivity index (χ3v) is 19.7. The number of hydrogen-bond donors (Lipinski definition) is 3. The van der Waals surface area contributed by atoms with Crippen LogP contribution in [0, 0.1) is 34.1 Å². The number of aliphatic hydroxyl groups is 3. The number of nitriles is 1. The van der Waals surface area contributed by atoms with Gasteiger partial charge in [-0.25, -0.2) is 10.1 Å². The lowest BCUT2D eigenvalue weighted by atomic mass is 9.74. The normalized spacial score (nSPS) is 17.8. The van der Waals surface area contributed by atoms with Gasteiger partial charge in [-0.05, 0) is 281 Å². The molecule has 8 aromatic rings. The largest absolute Gasteiger partial charge is 0.491 e. The highest BCUT2D eigenvalue weighted by molar-refractivity contribution is 6.14. The maximum absolute atomic E-state index is 13.9. The number of aliphatic hydroxyl groups excluding tert-OH is 3. The van der Waals surface area contributed by atoms with E-state index in [1.807, 2.05) is 291 Å². The summed E-state index contributed by atoms with van der Waals surface area (Å²) in [5.41, 5.74) is 19.1. The summed E-state index contributed by atoms with van der Waals surface area (Å²) in [7, 11) is 0. The third-order valence-electron chi connectivity index (χ3n) is 19.7. The number of hydrogen-bond acceptors (Lipinski definition) is 16. The number of ether oxygens (including phenoxy) is 4. The van der Waals surface area contributed by atoms with Crippen LogP contribution in [0.4, 0.5) is 56.9 Å². The van der Waals surface area contributed by atoms with Crippen LogP contribution in [0.15, 0.2) is 301 Å². The van der Waals surface area contributed by atoms with Crippen molar-refractivity contribution in [2.24, 2.45) is 36.7 Å². The lowest BCUT2D eigenvalue weighted by molar-refractivity contribution is -0.113. The lowest BCUT2D eigenvalue weighted by Gasteiger charge is -2.30. The maximum atomic E-state index is 13.9. The van der Waals surface area contributed by atoms with E-state index in [1.54, 1.807) is 0 Å². The van der Waals surface area contributed by atoms with Gasteiger partial charge >= 0.3 is 0 Å². The fourth-order valence-electron chi connectivity index (χ4n) is 13.5. The third kappa shape index (κ3) is 21.8. The van der Waals surface area contributed by atoms with E-state index in [9.17, 15) is 30.2 Å². The van der Waals surface area contributed by atoms with Gasteiger partial charge in [0.05, 0.1) is 48.6 Å². The van der Waals surface area contributed by atoms with E-state index < -0.39 is 5.41 Å². The Morgan fingerprint density at radius 3 is 1.39 bits per heavy atom. The van der Waals surface area contributed by atoms with Gasteiger partial charge < -0.3 is 44.1 Å². The van der Waals surface area contributed by atoms with Crippen molar-refractivity contribution in [2.75, 3.05) is 56.0 Å². The van der Waals surface area contributed by atoms with Gasteiger partial charge in [-0.3, -0.25) is 9.59 Å². The predicted octanol–water partition coefficient (Wildman–Crippen LogP) is 22.1. The smallest absolute Gasteiger partial charge is 0.265 e. The molecule has 0 radical (unpaired) electrons. The quantitative estimate of drug-likeness (QED) is 0.0199. The number of Topliss-reactive ketones (excluding diaryl/α,β-unsaturated/α-hetero) is 2. The molecule has 2 aliphatic heterocycles. The molecule has 0 aromatic heterocycles. The van der Waals surface area contributed by atoms with Gasteiger partial charge in [0.15, 0.2) is 11.6 Å². The molecule has 5 aliphatic rings. The number of ketones is 2. The molecule has 3 aliphatic carbocycles. The molecule has 2 saturated heterocycles. The highest BCUT2D eigenvalue weighted by Gasteiger charge is 2.33. The first-order chi connectivity index (χ1) is 54.4. The van der Waals surface area contributed by atoms with Crippen molar-refractivity contribution >= 4 is 80.6 Å². The standard InChI is InChI=1S/C53H57N3O5.C43H39N5O4/c1-35-30-41(33-47(50(35)60)52(2,3)4)42-32-40(51(61)48(34-42)53(5,6)7)14-8-38-13-23-49(39(31-38)26-29-59)55-54-43-15-21-46(22-16-43)56(44-17-9-36(10-18-44)24-27-57)45-19-11-37(12-20-45)25-28-58;1-43(2)23-31(22-32(24-43)42(25-44)45-3)5-4-30-6-8-33(9-7-30)46-47-34-10-12-35(13-11-34)48(36-14-18-38(19-15-36)49-26-40-28-51-40)37-16-20-39(21-17-37)50-27-41-29-52-41/h8-23,30-34,57-59H,24-29H2,1-7H3;4-22,40-41H,23-24,26-29H2,1-2H3/b14-8+,42-41-,55-54?;5-4+,42-32+,47-46?. The summed E-state index contributed by atoms with van der Waals surface area (Å²) in [4.78, 5) is 34.7. The van der Waals surface area contributed by atoms with E-state index >= 15 is 0 Å². The van der Waals surface area contributed by atoms with E-state index in [0.29, 0.717) is 60.6 Å². The molecule has 8 aromatic carbocycles. The second kappa shape index (κ2) is 36.4. The van der Waals surface area contributed by atoms with Gasteiger partial charge in [0.2, 0.25) is 0 Å². The number of nitrogens with zero attached hydrogens (tertiary/aromatic N) is 8. The van der Waals surface area contributed by atoms with Crippen LogP contribution in [0.1, 0.15) is 103 Å². The average molecular weight is 1510 g/mol. The number of anilines is 6. The number of benzene rings is 8. The number of allylic oxidation sites excluding steroid dienone is 16. The molecule has 113 heavy (non-hydrogen) atoms. The molecule has 3 N–H and O–H groups in total. The Morgan fingerprint density at radius 2 is 0.947 bits per heavy atom. The highest BCUT2D eigenvalue weighted by Crippen LogP contribution is 2.44. The fourth-order valence-corrected chi connectivity index (χ4v) is 13.5. The molecule has 0 spiro atoms.